The second-order valence-corrected chi connectivity index (χ2v) is 5.29. The van der Waals surface area contributed by atoms with Gasteiger partial charge in [0.1, 0.15) is 12.0 Å². The zero-order chi connectivity index (χ0) is 11.1. The molecule has 0 N–H and O–H groups in total. The van der Waals surface area contributed by atoms with Crippen LogP contribution in [-0.2, 0) is 7.05 Å². The van der Waals surface area contributed by atoms with Gasteiger partial charge in [-0.05, 0) is 27.4 Å². The number of halogens is 1. The van der Waals surface area contributed by atoms with Crippen molar-refractivity contribution in [3.05, 3.63) is 34.5 Å². The monoisotopic (exact) mass is 293 g/mol. The van der Waals surface area contributed by atoms with Gasteiger partial charge in [0.25, 0.3) is 0 Å². The van der Waals surface area contributed by atoms with Crippen LogP contribution in [0.25, 0.3) is 21.6 Å². The van der Waals surface area contributed by atoms with Crippen LogP contribution >= 0.6 is 27.3 Å². The molecule has 0 aliphatic heterocycles. The van der Waals surface area contributed by atoms with E-state index in [0.717, 1.165) is 21.2 Å². The summed E-state index contributed by atoms with van der Waals surface area (Å²) < 4.78 is 3.03. The largest absolute Gasteiger partial charge is 0.334 e. The molecular weight excluding hydrogens is 286 g/mol. The van der Waals surface area contributed by atoms with E-state index in [1.54, 1.807) is 17.7 Å². The highest BCUT2D eigenvalue weighted by Crippen LogP contribution is 2.34. The summed E-state index contributed by atoms with van der Waals surface area (Å²) in [6.45, 7) is 0. The number of aryl methyl sites for hydroxylation is 1. The van der Waals surface area contributed by atoms with Crippen molar-refractivity contribution in [3.8, 4) is 10.6 Å². The van der Waals surface area contributed by atoms with E-state index in [9.17, 15) is 0 Å². The van der Waals surface area contributed by atoms with E-state index in [0.29, 0.717) is 0 Å². The summed E-state index contributed by atoms with van der Waals surface area (Å²) in [5, 5.41) is 3.13. The fourth-order valence-electron chi connectivity index (χ4n) is 1.76. The zero-order valence-electron chi connectivity index (χ0n) is 8.51. The maximum Gasteiger partial charge on any atom is 0.144 e. The minimum Gasteiger partial charge on any atom is -0.334 e. The van der Waals surface area contributed by atoms with Crippen LogP contribution in [0.3, 0.4) is 0 Å². The molecule has 3 heterocycles. The van der Waals surface area contributed by atoms with Crippen molar-refractivity contribution in [1.29, 1.82) is 0 Å². The molecule has 16 heavy (non-hydrogen) atoms. The summed E-state index contributed by atoms with van der Waals surface area (Å²) in [6, 6.07) is 4.11. The predicted molar refractivity (Wildman–Crippen MR) is 69.5 cm³/mol. The van der Waals surface area contributed by atoms with Gasteiger partial charge < -0.3 is 4.57 Å². The van der Waals surface area contributed by atoms with Crippen molar-refractivity contribution in [1.82, 2.24) is 14.5 Å². The first-order valence-corrected chi connectivity index (χ1v) is 6.44. The number of hydrogen-bond donors (Lipinski definition) is 0. The maximum atomic E-state index is 4.38. The highest BCUT2D eigenvalue weighted by Gasteiger charge is 2.13. The van der Waals surface area contributed by atoms with E-state index >= 15 is 0 Å². The second-order valence-electron chi connectivity index (χ2n) is 3.49. The van der Waals surface area contributed by atoms with Crippen molar-refractivity contribution < 1.29 is 0 Å². The van der Waals surface area contributed by atoms with Crippen molar-refractivity contribution in [2.75, 3.05) is 0 Å². The molecule has 0 radical (unpaired) electrons. The van der Waals surface area contributed by atoms with Crippen LogP contribution in [0.5, 0.6) is 0 Å². The molecule has 3 aromatic rings. The molecule has 0 saturated carbocycles. The highest BCUT2D eigenvalue weighted by atomic mass is 79.9. The molecular formula is C11H8BrN3S. The molecule has 0 aliphatic rings. The predicted octanol–water partition coefficient (Wildman–Crippen LogP) is 3.46. The van der Waals surface area contributed by atoms with Gasteiger partial charge in [-0.25, -0.2) is 9.97 Å². The topological polar surface area (TPSA) is 30.7 Å². The number of nitrogens with zero attached hydrogens (tertiary/aromatic N) is 3. The number of aromatic nitrogens is 3. The SMILES string of the molecule is Cn1cc(Br)c2c(-c3cccs3)ncnc21. The zero-order valence-corrected chi connectivity index (χ0v) is 10.9. The standard InChI is InChI=1S/C11H8BrN3S/c1-15-5-7(12)9-10(8-3-2-4-16-8)13-6-14-11(9)15/h2-6H,1H3. The normalized spacial score (nSPS) is 11.1. The lowest BCUT2D eigenvalue weighted by Gasteiger charge is -2.00. The molecule has 0 amide bonds. The summed E-state index contributed by atoms with van der Waals surface area (Å²) in [6.07, 6.45) is 3.63. The van der Waals surface area contributed by atoms with Crippen LogP contribution in [0, 0.1) is 0 Å². The molecule has 80 valence electrons. The Morgan fingerprint density at radius 2 is 2.25 bits per heavy atom. The first-order chi connectivity index (χ1) is 7.77. The number of hydrogen-bond acceptors (Lipinski definition) is 3. The van der Waals surface area contributed by atoms with Crippen molar-refractivity contribution in [2.24, 2.45) is 7.05 Å². The van der Waals surface area contributed by atoms with Crippen molar-refractivity contribution in [2.45, 2.75) is 0 Å². The molecule has 3 nitrogen and oxygen atoms in total. The third-order valence-electron chi connectivity index (χ3n) is 2.46. The molecule has 3 aromatic heterocycles. The maximum absolute atomic E-state index is 4.38. The molecule has 0 spiro atoms. The van der Waals surface area contributed by atoms with Crippen molar-refractivity contribution >= 4 is 38.3 Å². The third-order valence-corrected chi connectivity index (χ3v) is 3.94. The summed E-state index contributed by atoms with van der Waals surface area (Å²) in [7, 11) is 1.98. The van der Waals surface area contributed by atoms with E-state index in [2.05, 4.69) is 37.3 Å². The Morgan fingerprint density at radius 3 is 3.00 bits per heavy atom. The molecule has 0 aromatic carbocycles. The average molecular weight is 294 g/mol. The molecule has 0 bridgehead atoms. The van der Waals surface area contributed by atoms with Gasteiger partial charge in [0, 0.05) is 17.7 Å². The van der Waals surface area contributed by atoms with Gasteiger partial charge in [-0.2, -0.15) is 0 Å². The van der Waals surface area contributed by atoms with Gasteiger partial charge in [0.15, 0.2) is 0 Å². The molecule has 0 aliphatic carbocycles. The van der Waals surface area contributed by atoms with Gasteiger partial charge in [-0.1, -0.05) is 6.07 Å². The van der Waals surface area contributed by atoms with Crippen LogP contribution in [0.2, 0.25) is 0 Å². The molecule has 3 rings (SSSR count). The fourth-order valence-corrected chi connectivity index (χ4v) is 3.16. The third kappa shape index (κ3) is 1.39. The van der Waals surface area contributed by atoms with E-state index in [-0.39, 0.29) is 0 Å². The number of fused-ring (bicyclic) bond motifs is 1. The van der Waals surface area contributed by atoms with Crippen LogP contribution in [-0.4, -0.2) is 14.5 Å². The first-order valence-electron chi connectivity index (χ1n) is 4.77. The molecule has 5 heteroatoms. The Bertz CT molecular complexity index is 643. The first kappa shape index (κ1) is 9.99. The van der Waals surface area contributed by atoms with Gasteiger partial charge in [0.2, 0.25) is 0 Å². The van der Waals surface area contributed by atoms with E-state index in [1.807, 2.05) is 23.9 Å². The Hall–Kier alpha value is -1.20. The van der Waals surface area contributed by atoms with Gasteiger partial charge in [-0.15, -0.1) is 11.3 Å². The summed E-state index contributed by atoms with van der Waals surface area (Å²) >= 11 is 5.25. The van der Waals surface area contributed by atoms with Gasteiger partial charge >= 0.3 is 0 Å². The minimum atomic E-state index is 0.949. The fraction of sp³-hybridized carbons (Fsp3) is 0.0909. The van der Waals surface area contributed by atoms with Crippen LogP contribution in [0.1, 0.15) is 0 Å². The lowest BCUT2D eigenvalue weighted by atomic mass is 10.2. The van der Waals surface area contributed by atoms with Crippen LogP contribution < -0.4 is 0 Å². The molecule has 0 fully saturated rings. The lowest BCUT2D eigenvalue weighted by Crippen LogP contribution is -1.90. The summed E-state index contributed by atoms with van der Waals surface area (Å²) in [4.78, 5) is 9.84. The number of rotatable bonds is 1. The van der Waals surface area contributed by atoms with Crippen LogP contribution in [0.4, 0.5) is 0 Å². The summed E-state index contributed by atoms with van der Waals surface area (Å²) in [5.41, 5.74) is 1.94. The Kier molecular flexibility index (Phi) is 2.29. The van der Waals surface area contributed by atoms with E-state index in [4.69, 9.17) is 0 Å². The Balaban J connectivity index is 2.41. The van der Waals surface area contributed by atoms with Crippen LogP contribution in [0.15, 0.2) is 34.5 Å². The van der Waals surface area contributed by atoms with Gasteiger partial charge in [-0.3, -0.25) is 0 Å². The number of thiophene rings is 1. The van der Waals surface area contributed by atoms with E-state index in [1.165, 1.54) is 4.88 Å². The quantitative estimate of drug-likeness (QED) is 0.688. The lowest BCUT2D eigenvalue weighted by molar-refractivity contribution is 0.942. The Morgan fingerprint density at radius 1 is 1.38 bits per heavy atom. The van der Waals surface area contributed by atoms with Gasteiger partial charge in [0.05, 0.1) is 16.0 Å². The average Bonchev–Trinajstić information content (AvgIpc) is 2.88. The molecule has 0 atom stereocenters. The molecule has 0 saturated heterocycles. The minimum absolute atomic E-state index is 0.949. The highest BCUT2D eigenvalue weighted by molar-refractivity contribution is 9.10. The van der Waals surface area contributed by atoms with Crippen molar-refractivity contribution in [3.63, 3.8) is 0 Å². The van der Waals surface area contributed by atoms with E-state index < -0.39 is 0 Å². The summed E-state index contributed by atoms with van der Waals surface area (Å²) in [5.74, 6) is 0. The smallest absolute Gasteiger partial charge is 0.144 e. The second kappa shape index (κ2) is 3.68. The Labute approximate surface area is 105 Å². The molecule has 0 unspecified atom stereocenters.